The largest absolute Gasteiger partial charge is 0.387 e. The molecule has 0 spiro atoms. The van der Waals surface area contributed by atoms with Crippen molar-refractivity contribution in [2.75, 3.05) is 13.1 Å². The number of nitrogens with zero attached hydrogens (tertiary/aromatic N) is 1. The molecule has 1 atom stereocenters. The van der Waals surface area contributed by atoms with Crippen LogP contribution in [-0.4, -0.2) is 29.9 Å². The van der Waals surface area contributed by atoms with Crippen molar-refractivity contribution in [2.45, 2.75) is 53.5 Å². The fraction of sp³-hybridized carbons (Fsp3) is 0.917. The average Bonchev–Trinajstić information content (AvgIpc) is 2.17. The normalized spacial score (nSPS) is 14.3. The van der Waals surface area contributed by atoms with Gasteiger partial charge in [-0.3, -0.25) is 5.41 Å². The molecule has 0 saturated carbocycles. The van der Waals surface area contributed by atoms with Crippen LogP contribution in [0.5, 0.6) is 0 Å². The Kier molecular flexibility index (Phi) is 5.88. The highest BCUT2D eigenvalue weighted by molar-refractivity contribution is 5.82. The Morgan fingerprint density at radius 2 is 1.93 bits per heavy atom. The second-order valence-electron chi connectivity index (χ2n) is 4.93. The number of hydrogen-bond donors (Lipinski definition) is 2. The molecule has 3 heteroatoms. The maximum atomic E-state index is 7.51. The van der Waals surface area contributed by atoms with Gasteiger partial charge in [-0.25, -0.2) is 0 Å². The van der Waals surface area contributed by atoms with Gasteiger partial charge in [0, 0.05) is 11.5 Å². The van der Waals surface area contributed by atoms with E-state index < -0.39 is 0 Å². The number of nitrogens with one attached hydrogen (secondary N) is 1. The summed E-state index contributed by atoms with van der Waals surface area (Å²) in [6, 6.07) is 0.623. The van der Waals surface area contributed by atoms with Crippen molar-refractivity contribution >= 4 is 5.84 Å². The van der Waals surface area contributed by atoms with Gasteiger partial charge in [0.05, 0.1) is 5.84 Å². The summed E-state index contributed by atoms with van der Waals surface area (Å²) in [7, 11) is 0. The number of hydrogen-bond acceptors (Lipinski definition) is 2. The highest BCUT2D eigenvalue weighted by Crippen LogP contribution is 2.20. The fourth-order valence-electron chi connectivity index (χ4n) is 1.51. The second-order valence-corrected chi connectivity index (χ2v) is 4.93. The van der Waals surface area contributed by atoms with Gasteiger partial charge in [0.2, 0.25) is 0 Å². The van der Waals surface area contributed by atoms with Crippen LogP contribution < -0.4 is 5.73 Å². The smallest absolute Gasteiger partial charge is 0.0963 e. The topological polar surface area (TPSA) is 53.1 Å². The Bertz CT molecular complexity index is 199. The first-order valence-electron chi connectivity index (χ1n) is 5.93. The summed E-state index contributed by atoms with van der Waals surface area (Å²) in [5.41, 5.74) is 5.41. The molecule has 0 amide bonds. The molecule has 0 aliphatic carbocycles. The van der Waals surface area contributed by atoms with Gasteiger partial charge in [0.15, 0.2) is 0 Å². The SMILES string of the molecule is CCC(C)N(CC)CCC(C)(C)C(=N)N. The zero-order valence-electron chi connectivity index (χ0n) is 10.9. The molecule has 0 aliphatic rings. The highest BCUT2D eigenvalue weighted by atomic mass is 15.1. The van der Waals surface area contributed by atoms with Crippen molar-refractivity contribution in [3.05, 3.63) is 0 Å². The third-order valence-electron chi connectivity index (χ3n) is 3.37. The summed E-state index contributed by atoms with van der Waals surface area (Å²) in [6.45, 7) is 12.8. The van der Waals surface area contributed by atoms with Crippen LogP contribution in [0, 0.1) is 10.8 Å². The Labute approximate surface area is 94.5 Å². The molecule has 0 aliphatic heterocycles. The van der Waals surface area contributed by atoms with E-state index >= 15 is 0 Å². The van der Waals surface area contributed by atoms with Gasteiger partial charge in [-0.05, 0) is 32.9 Å². The molecule has 1 unspecified atom stereocenters. The van der Waals surface area contributed by atoms with E-state index in [0.29, 0.717) is 11.9 Å². The molecule has 0 aromatic heterocycles. The van der Waals surface area contributed by atoms with Gasteiger partial charge in [-0.15, -0.1) is 0 Å². The number of amidine groups is 1. The first-order chi connectivity index (χ1) is 6.85. The van der Waals surface area contributed by atoms with E-state index in [9.17, 15) is 0 Å². The van der Waals surface area contributed by atoms with E-state index in [4.69, 9.17) is 11.1 Å². The molecule has 3 N–H and O–H groups in total. The molecule has 0 fully saturated rings. The second kappa shape index (κ2) is 6.11. The Morgan fingerprint density at radius 1 is 1.40 bits per heavy atom. The molecule has 3 nitrogen and oxygen atoms in total. The minimum absolute atomic E-state index is 0.166. The number of nitrogens with two attached hydrogens (primary N) is 1. The predicted molar refractivity (Wildman–Crippen MR) is 67.3 cm³/mol. The molecular weight excluding hydrogens is 186 g/mol. The Hall–Kier alpha value is -0.570. The minimum Gasteiger partial charge on any atom is -0.387 e. The summed E-state index contributed by atoms with van der Waals surface area (Å²) < 4.78 is 0. The molecule has 0 aromatic carbocycles. The molecule has 0 rings (SSSR count). The van der Waals surface area contributed by atoms with Crippen molar-refractivity contribution in [1.82, 2.24) is 4.90 Å². The van der Waals surface area contributed by atoms with Crippen molar-refractivity contribution in [1.29, 1.82) is 5.41 Å². The number of rotatable bonds is 7. The zero-order chi connectivity index (χ0) is 12.1. The van der Waals surface area contributed by atoms with Crippen LogP contribution in [0.2, 0.25) is 0 Å². The van der Waals surface area contributed by atoms with E-state index in [0.717, 1.165) is 19.5 Å². The molecule has 0 radical (unpaired) electrons. The molecule has 15 heavy (non-hydrogen) atoms. The van der Waals surface area contributed by atoms with Gasteiger partial charge in [0.1, 0.15) is 0 Å². The maximum absolute atomic E-state index is 7.51. The zero-order valence-corrected chi connectivity index (χ0v) is 10.9. The highest BCUT2D eigenvalue weighted by Gasteiger charge is 2.23. The van der Waals surface area contributed by atoms with Crippen molar-refractivity contribution in [3.8, 4) is 0 Å². The van der Waals surface area contributed by atoms with Gasteiger partial charge < -0.3 is 10.6 Å². The lowest BCUT2D eigenvalue weighted by atomic mass is 9.87. The van der Waals surface area contributed by atoms with E-state index in [1.807, 2.05) is 13.8 Å². The van der Waals surface area contributed by atoms with E-state index in [1.54, 1.807) is 0 Å². The summed E-state index contributed by atoms with van der Waals surface area (Å²) in [5.74, 6) is 0.294. The van der Waals surface area contributed by atoms with Gasteiger partial charge in [-0.2, -0.15) is 0 Å². The van der Waals surface area contributed by atoms with Crippen LogP contribution in [0.4, 0.5) is 0 Å². The van der Waals surface area contributed by atoms with Crippen LogP contribution in [-0.2, 0) is 0 Å². The van der Waals surface area contributed by atoms with Crippen LogP contribution in [0.15, 0.2) is 0 Å². The standard InChI is InChI=1S/C12H27N3/c1-6-10(3)15(7-2)9-8-12(4,5)11(13)14/h10H,6-9H2,1-5H3,(H3,13,14). The van der Waals surface area contributed by atoms with E-state index in [1.165, 1.54) is 6.42 Å². The van der Waals surface area contributed by atoms with Crippen molar-refractivity contribution in [2.24, 2.45) is 11.1 Å². The van der Waals surface area contributed by atoms with Crippen LogP contribution in [0.25, 0.3) is 0 Å². The summed E-state index contributed by atoms with van der Waals surface area (Å²) in [5, 5.41) is 7.51. The summed E-state index contributed by atoms with van der Waals surface area (Å²) >= 11 is 0. The monoisotopic (exact) mass is 213 g/mol. The first-order valence-corrected chi connectivity index (χ1v) is 5.93. The summed E-state index contributed by atoms with van der Waals surface area (Å²) in [6.07, 6.45) is 2.13. The molecule has 0 heterocycles. The maximum Gasteiger partial charge on any atom is 0.0963 e. The van der Waals surface area contributed by atoms with Crippen LogP contribution >= 0.6 is 0 Å². The predicted octanol–water partition coefficient (Wildman–Crippen LogP) is 2.46. The van der Waals surface area contributed by atoms with Gasteiger partial charge in [0.25, 0.3) is 0 Å². The lowest BCUT2D eigenvalue weighted by molar-refractivity contribution is 0.195. The average molecular weight is 213 g/mol. The Morgan fingerprint density at radius 3 is 2.27 bits per heavy atom. The first kappa shape index (κ1) is 14.4. The minimum atomic E-state index is -0.166. The van der Waals surface area contributed by atoms with Crippen molar-refractivity contribution < 1.29 is 0 Å². The van der Waals surface area contributed by atoms with E-state index in [-0.39, 0.29) is 5.41 Å². The fourth-order valence-corrected chi connectivity index (χ4v) is 1.51. The Balaban J connectivity index is 4.17. The quantitative estimate of drug-likeness (QED) is 0.504. The summed E-state index contributed by atoms with van der Waals surface area (Å²) in [4.78, 5) is 2.45. The van der Waals surface area contributed by atoms with Crippen LogP contribution in [0.1, 0.15) is 47.5 Å². The third kappa shape index (κ3) is 4.65. The van der Waals surface area contributed by atoms with Crippen LogP contribution in [0.3, 0.4) is 0 Å². The molecular formula is C12H27N3. The molecule has 0 saturated heterocycles. The van der Waals surface area contributed by atoms with Crippen molar-refractivity contribution in [3.63, 3.8) is 0 Å². The molecule has 0 bridgehead atoms. The lowest BCUT2D eigenvalue weighted by Gasteiger charge is -2.31. The van der Waals surface area contributed by atoms with E-state index in [2.05, 4.69) is 25.7 Å². The lowest BCUT2D eigenvalue weighted by Crippen LogP contribution is -2.38. The van der Waals surface area contributed by atoms with Gasteiger partial charge in [-0.1, -0.05) is 27.7 Å². The molecule has 90 valence electrons. The van der Waals surface area contributed by atoms with Gasteiger partial charge >= 0.3 is 0 Å². The third-order valence-corrected chi connectivity index (χ3v) is 3.37. The molecule has 0 aromatic rings.